The monoisotopic (exact) mass is 504 g/mol. The van der Waals surface area contributed by atoms with Gasteiger partial charge < -0.3 is 14.6 Å². The van der Waals surface area contributed by atoms with E-state index in [4.69, 9.17) is 4.42 Å². The molecule has 0 atom stereocenters. The van der Waals surface area contributed by atoms with E-state index in [2.05, 4.69) is 20.9 Å². The SMILES string of the molecule is CNC(=O)c1c(-c2ccc(F)cc2)oc2cc(N(C)C)c(-c3ccc4ncn(-c5ccccc5)c4c3)cc12. The van der Waals surface area contributed by atoms with E-state index in [1.54, 1.807) is 19.2 Å². The molecule has 6 aromatic rings. The quantitative estimate of drug-likeness (QED) is 0.285. The van der Waals surface area contributed by atoms with Crippen LogP contribution in [-0.4, -0.2) is 36.6 Å². The molecule has 6 rings (SSSR count). The van der Waals surface area contributed by atoms with Crippen LogP contribution in [0.4, 0.5) is 10.1 Å². The van der Waals surface area contributed by atoms with Gasteiger partial charge in [0.25, 0.3) is 5.91 Å². The first-order valence-corrected chi connectivity index (χ1v) is 12.2. The van der Waals surface area contributed by atoms with Crippen molar-refractivity contribution < 1.29 is 13.6 Å². The third-order valence-electron chi connectivity index (χ3n) is 6.74. The number of carbonyl (C=O) groups is 1. The van der Waals surface area contributed by atoms with Gasteiger partial charge in [-0.15, -0.1) is 0 Å². The van der Waals surface area contributed by atoms with Crippen LogP contribution in [-0.2, 0) is 0 Å². The number of hydrogen-bond donors (Lipinski definition) is 1. The van der Waals surface area contributed by atoms with Gasteiger partial charge in [0.1, 0.15) is 23.5 Å². The summed E-state index contributed by atoms with van der Waals surface area (Å²) in [6, 6.07) is 26.1. The van der Waals surface area contributed by atoms with E-state index in [1.165, 1.54) is 12.1 Å². The molecular weight excluding hydrogens is 479 g/mol. The summed E-state index contributed by atoms with van der Waals surface area (Å²) in [6.45, 7) is 0. The van der Waals surface area contributed by atoms with Gasteiger partial charge in [0.15, 0.2) is 0 Å². The summed E-state index contributed by atoms with van der Waals surface area (Å²) in [5.41, 5.74) is 7.36. The number of carbonyl (C=O) groups excluding carboxylic acids is 1. The number of rotatable bonds is 5. The molecule has 6 nitrogen and oxygen atoms in total. The highest BCUT2D eigenvalue weighted by Crippen LogP contribution is 2.41. The number of nitrogens with zero attached hydrogens (tertiary/aromatic N) is 3. The van der Waals surface area contributed by atoms with E-state index in [-0.39, 0.29) is 11.7 Å². The second-order valence-electron chi connectivity index (χ2n) is 9.31. The molecule has 188 valence electrons. The fourth-order valence-corrected chi connectivity index (χ4v) is 4.86. The molecule has 0 saturated carbocycles. The maximum absolute atomic E-state index is 13.6. The van der Waals surface area contributed by atoms with Crippen molar-refractivity contribution in [1.82, 2.24) is 14.9 Å². The minimum Gasteiger partial charge on any atom is -0.455 e. The first kappa shape index (κ1) is 23.5. The minimum atomic E-state index is -0.353. The van der Waals surface area contributed by atoms with Crippen LogP contribution >= 0.6 is 0 Å². The van der Waals surface area contributed by atoms with Crippen LogP contribution in [0.25, 0.3) is 50.1 Å². The lowest BCUT2D eigenvalue weighted by Gasteiger charge is -2.18. The molecule has 0 aliphatic rings. The Hall–Kier alpha value is -4.91. The average Bonchev–Trinajstić information content (AvgIpc) is 3.53. The molecule has 0 saturated heterocycles. The Kier molecular flexibility index (Phi) is 5.68. The number of imidazole rings is 1. The number of anilines is 1. The van der Waals surface area contributed by atoms with Gasteiger partial charge in [-0.1, -0.05) is 24.3 Å². The highest BCUT2D eigenvalue weighted by molar-refractivity contribution is 6.13. The van der Waals surface area contributed by atoms with Crippen molar-refractivity contribution in [1.29, 1.82) is 0 Å². The Balaban J connectivity index is 1.60. The first-order chi connectivity index (χ1) is 18.4. The zero-order valence-electron chi connectivity index (χ0n) is 21.2. The molecule has 0 bridgehead atoms. The summed E-state index contributed by atoms with van der Waals surface area (Å²) in [4.78, 5) is 19.7. The van der Waals surface area contributed by atoms with Gasteiger partial charge in [-0.05, 0) is 60.2 Å². The summed E-state index contributed by atoms with van der Waals surface area (Å²) in [5, 5.41) is 3.41. The second-order valence-corrected chi connectivity index (χ2v) is 9.31. The molecule has 0 spiro atoms. The molecular formula is C31H25FN4O2. The number of amides is 1. The Labute approximate surface area is 218 Å². The molecule has 0 radical (unpaired) electrons. The maximum atomic E-state index is 13.6. The van der Waals surface area contributed by atoms with Crippen molar-refractivity contribution in [2.75, 3.05) is 26.0 Å². The third-order valence-corrected chi connectivity index (χ3v) is 6.74. The average molecular weight is 505 g/mol. The van der Waals surface area contributed by atoms with E-state index in [0.717, 1.165) is 33.5 Å². The Morgan fingerprint density at radius 2 is 1.68 bits per heavy atom. The predicted molar refractivity (Wildman–Crippen MR) is 149 cm³/mol. The lowest BCUT2D eigenvalue weighted by atomic mass is 9.97. The Morgan fingerprint density at radius 1 is 0.947 bits per heavy atom. The normalized spacial score (nSPS) is 11.3. The zero-order chi connectivity index (χ0) is 26.4. The highest BCUT2D eigenvalue weighted by atomic mass is 19.1. The van der Waals surface area contributed by atoms with Gasteiger partial charge in [-0.2, -0.15) is 0 Å². The topological polar surface area (TPSA) is 63.3 Å². The van der Waals surface area contributed by atoms with Gasteiger partial charge >= 0.3 is 0 Å². The number of furan rings is 1. The Morgan fingerprint density at radius 3 is 2.39 bits per heavy atom. The fourth-order valence-electron chi connectivity index (χ4n) is 4.86. The molecule has 7 heteroatoms. The summed E-state index contributed by atoms with van der Waals surface area (Å²) in [6.07, 6.45) is 1.83. The summed E-state index contributed by atoms with van der Waals surface area (Å²) in [5.74, 6) is -0.225. The van der Waals surface area contributed by atoms with Crippen molar-refractivity contribution in [3.05, 3.63) is 103 Å². The zero-order valence-corrected chi connectivity index (χ0v) is 21.2. The Bertz CT molecular complexity index is 1800. The molecule has 2 aromatic heterocycles. The fraction of sp³-hybridized carbons (Fsp3) is 0.0968. The second kappa shape index (κ2) is 9.19. The highest BCUT2D eigenvalue weighted by Gasteiger charge is 2.24. The maximum Gasteiger partial charge on any atom is 0.255 e. The first-order valence-electron chi connectivity index (χ1n) is 12.2. The van der Waals surface area contributed by atoms with Crippen molar-refractivity contribution in [2.45, 2.75) is 0 Å². The lowest BCUT2D eigenvalue weighted by molar-refractivity contribution is 0.0964. The number of fused-ring (bicyclic) bond motifs is 2. The molecule has 0 aliphatic carbocycles. The van der Waals surface area contributed by atoms with Crippen LogP contribution in [0.3, 0.4) is 0 Å². The van der Waals surface area contributed by atoms with Crippen LogP contribution in [0.5, 0.6) is 0 Å². The van der Waals surface area contributed by atoms with E-state index in [1.807, 2.05) is 79.9 Å². The molecule has 38 heavy (non-hydrogen) atoms. The number of nitrogens with one attached hydrogen (secondary N) is 1. The van der Waals surface area contributed by atoms with E-state index in [9.17, 15) is 9.18 Å². The van der Waals surface area contributed by atoms with Gasteiger partial charge in [-0.25, -0.2) is 9.37 Å². The molecule has 1 amide bonds. The van der Waals surface area contributed by atoms with Gasteiger partial charge in [0.2, 0.25) is 0 Å². The van der Waals surface area contributed by atoms with Crippen LogP contribution in [0.1, 0.15) is 10.4 Å². The van der Waals surface area contributed by atoms with Gasteiger partial charge in [-0.3, -0.25) is 9.36 Å². The number of para-hydroxylation sites is 1. The largest absolute Gasteiger partial charge is 0.455 e. The van der Waals surface area contributed by atoms with Gasteiger partial charge in [0, 0.05) is 55.1 Å². The number of hydrogen-bond acceptors (Lipinski definition) is 4. The molecule has 1 N–H and O–H groups in total. The molecule has 0 unspecified atom stereocenters. The predicted octanol–water partition coefficient (Wildman–Crippen LogP) is 6.67. The summed E-state index contributed by atoms with van der Waals surface area (Å²) in [7, 11) is 5.53. The lowest BCUT2D eigenvalue weighted by Crippen LogP contribution is -2.18. The van der Waals surface area contributed by atoms with Gasteiger partial charge in [0.05, 0.1) is 16.6 Å². The molecule has 0 fully saturated rings. The van der Waals surface area contributed by atoms with Crippen LogP contribution in [0.15, 0.2) is 95.7 Å². The van der Waals surface area contributed by atoms with Crippen LogP contribution in [0, 0.1) is 5.82 Å². The standard InChI is InChI=1S/C31H25FN4O2/c1-33-31(37)29-24-16-23(20-11-14-25-27(15-20)36(18-34-25)22-7-5-4-6-8-22)26(35(2)3)17-28(24)38-30(29)19-9-12-21(32)13-10-19/h4-18H,1-3H3,(H,33,37). The van der Waals surface area contributed by atoms with Crippen molar-refractivity contribution in [3.8, 4) is 28.1 Å². The van der Waals surface area contributed by atoms with E-state index < -0.39 is 0 Å². The summed E-state index contributed by atoms with van der Waals surface area (Å²) >= 11 is 0. The molecule has 2 heterocycles. The third kappa shape index (κ3) is 3.89. The number of halogens is 1. The van der Waals surface area contributed by atoms with Crippen LogP contribution < -0.4 is 10.2 Å². The smallest absolute Gasteiger partial charge is 0.255 e. The number of aromatic nitrogens is 2. The summed E-state index contributed by atoms with van der Waals surface area (Å²) < 4.78 is 21.9. The van der Waals surface area contributed by atoms with Crippen molar-refractivity contribution in [2.24, 2.45) is 0 Å². The van der Waals surface area contributed by atoms with Crippen molar-refractivity contribution >= 4 is 33.6 Å². The van der Waals surface area contributed by atoms with Crippen molar-refractivity contribution in [3.63, 3.8) is 0 Å². The number of benzene rings is 4. The molecule has 0 aliphatic heterocycles. The van der Waals surface area contributed by atoms with Crippen LogP contribution in [0.2, 0.25) is 0 Å². The van der Waals surface area contributed by atoms with E-state index >= 15 is 0 Å². The minimum absolute atomic E-state index is 0.274. The molecule has 4 aromatic carbocycles. The van der Waals surface area contributed by atoms with E-state index in [0.29, 0.717) is 27.9 Å².